The molecular weight excluding hydrogens is 370 g/mol. The highest BCUT2D eigenvalue weighted by Gasteiger charge is 2.31. The molecule has 0 saturated carbocycles. The molecule has 0 atom stereocenters. The lowest BCUT2D eigenvalue weighted by Crippen LogP contribution is -2.30. The van der Waals surface area contributed by atoms with Gasteiger partial charge in [-0.3, -0.25) is 4.79 Å². The van der Waals surface area contributed by atoms with Crippen molar-refractivity contribution in [1.82, 2.24) is 9.62 Å². The third-order valence-corrected chi connectivity index (χ3v) is 6.88. The van der Waals surface area contributed by atoms with E-state index >= 15 is 0 Å². The first kappa shape index (κ1) is 18.0. The summed E-state index contributed by atoms with van der Waals surface area (Å²) in [6.07, 6.45) is 1.60. The molecule has 5 nitrogen and oxygen atoms in total. The van der Waals surface area contributed by atoms with E-state index < -0.39 is 27.6 Å². The average Bonchev–Trinajstić information content (AvgIpc) is 3.23. The highest BCUT2D eigenvalue weighted by Crippen LogP contribution is 2.27. The smallest absolute Gasteiger partial charge is 0.263 e. The largest absolute Gasteiger partial charge is 0.347 e. The summed E-state index contributed by atoms with van der Waals surface area (Å²) in [6, 6.07) is 4.37. The summed E-state index contributed by atoms with van der Waals surface area (Å²) in [4.78, 5) is 12.4. The van der Waals surface area contributed by atoms with Crippen LogP contribution in [0.2, 0.25) is 0 Å². The zero-order valence-corrected chi connectivity index (χ0v) is 14.8. The minimum absolute atomic E-state index is 0.0256. The Bertz CT molecular complexity index is 870. The van der Waals surface area contributed by atoms with Crippen LogP contribution in [0.15, 0.2) is 34.5 Å². The van der Waals surface area contributed by atoms with E-state index in [1.807, 2.05) is 0 Å². The number of sulfonamides is 1. The number of carbonyl (C=O) groups excluding carboxylic acids is 1. The van der Waals surface area contributed by atoms with Crippen LogP contribution in [0.4, 0.5) is 8.78 Å². The first-order chi connectivity index (χ1) is 11.9. The number of rotatable bonds is 5. The van der Waals surface area contributed by atoms with Crippen molar-refractivity contribution in [2.45, 2.75) is 24.3 Å². The number of carbonyl (C=O) groups is 1. The summed E-state index contributed by atoms with van der Waals surface area (Å²) in [7, 11) is -3.70. The summed E-state index contributed by atoms with van der Waals surface area (Å²) in [5, 5.41) is 4.06. The van der Waals surface area contributed by atoms with Crippen molar-refractivity contribution in [2.75, 3.05) is 13.1 Å². The highest BCUT2D eigenvalue weighted by molar-refractivity contribution is 7.89. The van der Waals surface area contributed by atoms with Crippen molar-refractivity contribution in [3.8, 4) is 0 Å². The molecule has 9 heteroatoms. The van der Waals surface area contributed by atoms with Crippen LogP contribution in [0.3, 0.4) is 0 Å². The van der Waals surface area contributed by atoms with Gasteiger partial charge in [0.1, 0.15) is 21.4 Å². The summed E-state index contributed by atoms with van der Waals surface area (Å²) in [5.74, 6) is -2.06. The van der Waals surface area contributed by atoms with Crippen LogP contribution >= 0.6 is 11.3 Å². The number of amides is 1. The van der Waals surface area contributed by atoms with Gasteiger partial charge in [-0.05, 0) is 42.0 Å². The fourth-order valence-corrected chi connectivity index (χ4v) is 5.54. The van der Waals surface area contributed by atoms with Crippen molar-refractivity contribution in [2.24, 2.45) is 0 Å². The van der Waals surface area contributed by atoms with E-state index in [1.54, 1.807) is 5.38 Å². The minimum atomic E-state index is -3.70. The number of nitrogens with one attached hydrogen (secondary N) is 1. The topological polar surface area (TPSA) is 66.5 Å². The molecule has 0 unspecified atom stereocenters. The fraction of sp³-hybridized carbons (Fsp3) is 0.312. The Morgan fingerprint density at radius 1 is 1.16 bits per heavy atom. The van der Waals surface area contributed by atoms with Crippen molar-refractivity contribution in [3.63, 3.8) is 0 Å². The Morgan fingerprint density at radius 2 is 1.80 bits per heavy atom. The minimum Gasteiger partial charge on any atom is -0.347 e. The van der Waals surface area contributed by atoms with Gasteiger partial charge in [0.15, 0.2) is 0 Å². The van der Waals surface area contributed by atoms with Gasteiger partial charge >= 0.3 is 0 Å². The Kier molecular flexibility index (Phi) is 5.16. The molecule has 1 saturated heterocycles. The van der Waals surface area contributed by atoms with E-state index in [-0.39, 0.29) is 21.9 Å². The normalized spacial score (nSPS) is 15.4. The number of halogens is 2. The molecule has 25 heavy (non-hydrogen) atoms. The lowest BCUT2D eigenvalue weighted by molar-refractivity contribution is 0.0951. The van der Waals surface area contributed by atoms with Crippen LogP contribution in [0.5, 0.6) is 0 Å². The highest BCUT2D eigenvalue weighted by atomic mass is 32.2. The number of nitrogens with zero attached hydrogens (tertiary/aromatic N) is 1. The fourth-order valence-electron chi connectivity index (χ4n) is 2.71. The van der Waals surface area contributed by atoms with Crippen LogP contribution in [-0.4, -0.2) is 31.7 Å². The van der Waals surface area contributed by atoms with Gasteiger partial charge in [-0.25, -0.2) is 17.2 Å². The molecule has 1 aromatic carbocycles. The standard InChI is InChI=1S/C16H16F2N2O3S2/c17-12-7-11(8-13(18)9-12)10-19-16(21)15-14(3-6-24-15)25(22,23)20-4-1-2-5-20/h3,6-9H,1-2,4-5,10H2,(H,19,21). The molecule has 134 valence electrons. The molecule has 1 fully saturated rings. The van der Waals surface area contributed by atoms with Crippen LogP contribution in [0.1, 0.15) is 28.1 Å². The third kappa shape index (κ3) is 3.88. The molecule has 0 bridgehead atoms. The molecule has 2 heterocycles. The van der Waals surface area contributed by atoms with Crippen molar-refractivity contribution < 1.29 is 22.0 Å². The predicted molar refractivity (Wildman–Crippen MR) is 89.8 cm³/mol. The summed E-state index contributed by atoms with van der Waals surface area (Å²) < 4.78 is 53.0. The number of hydrogen-bond acceptors (Lipinski definition) is 4. The monoisotopic (exact) mass is 386 g/mol. The molecule has 1 aliphatic rings. The zero-order chi connectivity index (χ0) is 18.0. The van der Waals surface area contributed by atoms with Crippen molar-refractivity contribution >= 4 is 27.3 Å². The van der Waals surface area contributed by atoms with Gasteiger partial charge in [0.05, 0.1) is 0 Å². The molecule has 1 aliphatic heterocycles. The number of thiophene rings is 1. The van der Waals surface area contributed by atoms with E-state index in [2.05, 4.69) is 5.32 Å². The lowest BCUT2D eigenvalue weighted by atomic mass is 10.2. The molecule has 0 radical (unpaired) electrons. The number of hydrogen-bond donors (Lipinski definition) is 1. The van der Waals surface area contributed by atoms with Gasteiger partial charge in [-0.15, -0.1) is 11.3 Å². The van der Waals surface area contributed by atoms with Gasteiger partial charge < -0.3 is 5.32 Å². The molecule has 2 aromatic rings. The SMILES string of the molecule is O=C(NCc1cc(F)cc(F)c1)c1sccc1S(=O)(=O)N1CCCC1. The van der Waals surface area contributed by atoms with E-state index in [9.17, 15) is 22.0 Å². The second-order valence-corrected chi connectivity index (χ2v) is 8.51. The molecule has 0 aliphatic carbocycles. The average molecular weight is 386 g/mol. The summed E-state index contributed by atoms with van der Waals surface area (Å²) >= 11 is 1.02. The molecule has 0 spiro atoms. The Morgan fingerprint density at radius 3 is 2.44 bits per heavy atom. The van der Waals surface area contributed by atoms with Crippen molar-refractivity contribution in [3.05, 3.63) is 51.7 Å². The summed E-state index contributed by atoms with van der Waals surface area (Å²) in [6.45, 7) is 0.790. The van der Waals surface area contributed by atoms with E-state index in [4.69, 9.17) is 0 Å². The Hall–Kier alpha value is -1.84. The van der Waals surface area contributed by atoms with Crippen LogP contribution < -0.4 is 5.32 Å². The Balaban J connectivity index is 1.76. The van der Waals surface area contributed by atoms with Crippen LogP contribution in [0, 0.1) is 11.6 Å². The van der Waals surface area contributed by atoms with Gasteiger partial charge in [0, 0.05) is 25.7 Å². The number of benzene rings is 1. The maximum absolute atomic E-state index is 13.2. The molecule has 1 aromatic heterocycles. The van der Waals surface area contributed by atoms with Gasteiger partial charge in [0.25, 0.3) is 5.91 Å². The van der Waals surface area contributed by atoms with E-state index in [1.165, 1.54) is 10.4 Å². The maximum Gasteiger partial charge on any atom is 0.263 e. The second-order valence-electron chi connectivity index (χ2n) is 5.69. The quantitative estimate of drug-likeness (QED) is 0.859. The van der Waals surface area contributed by atoms with Gasteiger partial charge in [0.2, 0.25) is 10.0 Å². The lowest BCUT2D eigenvalue weighted by Gasteiger charge is -2.15. The second kappa shape index (κ2) is 7.19. The maximum atomic E-state index is 13.2. The van der Waals surface area contributed by atoms with Gasteiger partial charge in [-0.1, -0.05) is 0 Å². The molecule has 1 N–H and O–H groups in total. The van der Waals surface area contributed by atoms with Crippen LogP contribution in [-0.2, 0) is 16.6 Å². The molecular formula is C16H16F2N2O3S2. The predicted octanol–water partition coefficient (Wildman–Crippen LogP) is 2.74. The zero-order valence-electron chi connectivity index (χ0n) is 13.2. The Labute approximate surface area is 148 Å². The molecule has 1 amide bonds. The first-order valence-corrected chi connectivity index (χ1v) is 10.0. The van der Waals surface area contributed by atoms with Gasteiger partial charge in [-0.2, -0.15) is 4.31 Å². The third-order valence-electron chi connectivity index (χ3n) is 3.89. The molecule has 3 rings (SSSR count). The van der Waals surface area contributed by atoms with Crippen molar-refractivity contribution in [1.29, 1.82) is 0 Å². The van der Waals surface area contributed by atoms with E-state index in [0.29, 0.717) is 13.1 Å². The van der Waals surface area contributed by atoms with E-state index in [0.717, 1.165) is 42.4 Å². The first-order valence-electron chi connectivity index (χ1n) is 7.69. The van der Waals surface area contributed by atoms with Crippen LogP contribution in [0.25, 0.3) is 0 Å². The summed E-state index contributed by atoms with van der Waals surface area (Å²) in [5.41, 5.74) is 0.256.